The summed E-state index contributed by atoms with van der Waals surface area (Å²) in [6.07, 6.45) is 2.67. The number of hydrogen-bond acceptors (Lipinski definition) is 2. The van der Waals surface area contributed by atoms with E-state index in [1.165, 1.54) is 0 Å². The predicted molar refractivity (Wildman–Crippen MR) is 54.1 cm³/mol. The second-order valence-corrected chi connectivity index (χ2v) is 4.90. The smallest absolute Gasteiger partial charge is 0.220 e. The molecular formula is C9H10ClNOS. The lowest BCUT2D eigenvalue weighted by Gasteiger charge is -2.21. The first kappa shape index (κ1) is 9.03. The monoisotopic (exact) mass is 215 g/mol. The van der Waals surface area contributed by atoms with E-state index in [0.29, 0.717) is 6.42 Å². The lowest BCUT2D eigenvalue weighted by atomic mass is 10.0. The van der Waals surface area contributed by atoms with Gasteiger partial charge in [-0.2, -0.15) is 0 Å². The lowest BCUT2D eigenvalue weighted by Crippen LogP contribution is -2.31. The van der Waals surface area contributed by atoms with Crippen LogP contribution in [-0.2, 0) is 4.79 Å². The van der Waals surface area contributed by atoms with Crippen molar-refractivity contribution in [3.05, 3.63) is 21.3 Å². The first-order chi connectivity index (χ1) is 6.25. The standard InChI is InChI=1S/C9H10ClNOS/c10-8-5-4-7(13-8)6-2-1-3-9(12)11-6/h4-6H,1-3H2,(H,11,12). The molecule has 2 nitrogen and oxygen atoms in total. The highest BCUT2D eigenvalue weighted by molar-refractivity contribution is 7.16. The molecule has 1 aromatic heterocycles. The van der Waals surface area contributed by atoms with Gasteiger partial charge in [-0.05, 0) is 25.0 Å². The van der Waals surface area contributed by atoms with Crippen LogP contribution in [0.5, 0.6) is 0 Å². The van der Waals surface area contributed by atoms with Crippen LogP contribution < -0.4 is 5.32 Å². The van der Waals surface area contributed by atoms with Crippen LogP contribution in [0.4, 0.5) is 0 Å². The lowest BCUT2D eigenvalue weighted by molar-refractivity contribution is -0.123. The number of thiophene rings is 1. The zero-order chi connectivity index (χ0) is 9.26. The molecule has 1 fully saturated rings. The highest BCUT2D eigenvalue weighted by Gasteiger charge is 2.20. The van der Waals surface area contributed by atoms with Crippen LogP contribution in [0, 0.1) is 0 Å². The molecule has 1 amide bonds. The van der Waals surface area contributed by atoms with Crippen molar-refractivity contribution in [2.24, 2.45) is 0 Å². The average Bonchev–Trinajstić information content (AvgIpc) is 2.52. The van der Waals surface area contributed by atoms with Gasteiger partial charge in [0.05, 0.1) is 10.4 Å². The number of piperidine rings is 1. The number of amides is 1. The van der Waals surface area contributed by atoms with Crippen molar-refractivity contribution >= 4 is 28.8 Å². The second kappa shape index (κ2) is 3.68. The Hall–Kier alpha value is -0.540. The van der Waals surface area contributed by atoms with Crippen molar-refractivity contribution in [2.75, 3.05) is 0 Å². The van der Waals surface area contributed by atoms with Crippen LogP contribution in [0.15, 0.2) is 12.1 Å². The molecule has 1 aliphatic heterocycles. The zero-order valence-electron chi connectivity index (χ0n) is 7.05. The Morgan fingerprint density at radius 1 is 1.54 bits per heavy atom. The molecule has 1 atom stereocenters. The van der Waals surface area contributed by atoms with Crippen molar-refractivity contribution in [1.82, 2.24) is 5.32 Å². The minimum absolute atomic E-state index is 0.153. The Kier molecular flexibility index (Phi) is 2.56. The maximum atomic E-state index is 11.1. The third-order valence-corrected chi connectivity index (χ3v) is 3.51. The third-order valence-electron chi connectivity index (χ3n) is 2.17. The number of carbonyl (C=O) groups is 1. The van der Waals surface area contributed by atoms with Gasteiger partial charge in [0.2, 0.25) is 5.91 Å². The van der Waals surface area contributed by atoms with Crippen LogP contribution in [0.2, 0.25) is 4.34 Å². The van der Waals surface area contributed by atoms with E-state index in [9.17, 15) is 4.79 Å². The summed E-state index contributed by atoms with van der Waals surface area (Å²) < 4.78 is 0.787. The fourth-order valence-electron chi connectivity index (χ4n) is 1.53. The normalized spacial score (nSPS) is 22.8. The quantitative estimate of drug-likeness (QED) is 0.767. The van der Waals surface area contributed by atoms with Gasteiger partial charge >= 0.3 is 0 Å². The molecular weight excluding hydrogens is 206 g/mol. The summed E-state index contributed by atoms with van der Waals surface area (Å²) in [6.45, 7) is 0. The molecule has 1 aliphatic rings. The summed E-state index contributed by atoms with van der Waals surface area (Å²) in [5, 5.41) is 2.96. The van der Waals surface area contributed by atoms with Crippen molar-refractivity contribution in [1.29, 1.82) is 0 Å². The minimum Gasteiger partial charge on any atom is -0.348 e. The van der Waals surface area contributed by atoms with E-state index in [4.69, 9.17) is 11.6 Å². The van der Waals surface area contributed by atoms with Gasteiger partial charge in [0.15, 0.2) is 0 Å². The van der Waals surface area contributed by atoms with Crippen molar-refractivity contribution in [3.8, 4) is 0 Å². The molecule has 0 bridgehead atoms. The summed E-state index contributed by atoms with van der Waals surface area (Å²) in [6, 6.07) is 4.06. The van der Waals surface area contributed by atoms with Gasteiger partial charge < -0.3 is 5.32 Å². The molecule has 1 N–H and O–H groups in total. The molecule has 2 rings (SSSR count). The first-order valence-electron chi connectivity index (χ1n) is 4.30. The van der Waals surface area contributed by atoms with Gasteiger partial charge in [0.1, 0.15) is 0 Å². The average molecular weight is 216 g/mol. The van der Waals surface area contributed by atoms with E-state index < -0.39 is 0 Å². The topological polar surface area (TPSA) is 29.1 Å². The molecule has 0 spiro atoms. The number of halogens is 1. The van der Waals surface area contributed by atoms with Crippen LogP contribution in [0.25, 0.3) is 0 Å². The van der Waals surface area contributed by atoms with Crippen LogP contribution in [-0.4, -0.2) is 5.91 Å². The Bertz CT molecular complexity index is 323. The third kappa shape index (κ3) is 2.03. The van der Waals surface area contributed by atoms with Gasteiger partial charge in [-0.1, -0.05) is 11.6 Å². The van der Waals surface area contributed by atoms with Gasteiger partial charge in [-0.15, -0.1) is 11.3 Å². The molecule has 70 valence electrons. The van der Waals surface area contributed by atoms with Crippen molar-refractivity contribution < 1.29 is 4.79 Å². The van der Waals surface area contributed by atoms with E-state index >= 15 is 0 Å². The molecule has 13 heavy (non-hydrogen) atoms. The molecule has 1 unspecified atom stereocenters. The maximum absolute atomic E-state index is 11.1. The van der Waals surface area contributed by atoms with E-state index in [-0.39, 0.29) is 11.9 Å². The van der Waals surface area contributed by atoms with Crippen LogP contribution in [0.1, 0.15) is 30.2 Å². The van der Waals surface area contributed by atoms with E-state index in [2.05, 4.69) is 5.32 Å². The largest absolute Gasteiger partial charge is 0.348 e. The molecule has 0 aromatic carbocycles. The predicted octanol–water partition coefficient (Wildman–Crippen LogP) is 2.74. The van der Waals surface area contributed by atoms with E-state index in [1.807, 2.05) is 12.1 Å². The highest BCUT2D eigenvalue weighted by atomic mass is 35.5. The molecule has 1 saturated heterocycles. The summed E-state index contributed by atoms with van der Waals surface area (Å²) in [7, 11) is 0. The highest BCUT2D eigenvalue weighted by Crippen LogP contribution is 2.31. The van der Waals surface area contributed by atoms with E-state index in [1.54, 1.807) is 11.3 Å². The molecule has 1 aromatic rings. The second-order valence-electron chi connectivity index (χ2n) is 3.15. The van der Waals surface area contributed by atoms with Gasteiger partial charge in [-0.3, -0.25) is 4.79 Å². The Balaban J connectivity index is 2.12. The summed E-state index contributed by atoms with van der Waals surface area (Å²) in [4.78, 5) is 12.3. The summed E-state index contributed by atoms with van der Waals surface area (Å²) >= 11 is 7.37. The molecule has 0 saturated carbocycles. The maximum Gasteiger partial charge on any atom is 0.220 e. The zero-order valence-corrected chi connectivity index (χ0v) is 8.62. The van der Waals surface area contributed by atoms with Gasteiger partial charge in [0.25, 0.3) is 0 Å². The number of rotatable bonds is 1. The molecule has 0 aliphatic carbocycles. The number of carbonyl (C=O) groups excluding carboxylic acids is 1. The number of hydrogen-bond donors (Lipinski definition) is 1. The summed E-state index contributed by atoms with van der Waals surface area (Å²) in [5.74, 6) is 0.153. The first-order valence-corrected chi connectivity index (χ1v) is 5.50. The Morgan fingerprint density at radius 2 is 2.38 bits per heavy atom. The Morgan fingerprint density at radius 3 is 3.00 bits per heavy atom. The van der Waals surface area contributed by atoms with E-state index in [0.717, 1.165) is 22.1 Å². The van der Waals surface area contributed by atoms with Crippen LogP contribution in [0.3, 0.4) is 0 Å². The van der Waals surface area contributed by atoms with Crippen molar-refractivity contribution in [2.45, 2.75) is 25.3 Å². The van der Waals surface area contributed by atoms with Gasteiger partial charge in [-0.25, -0.2) is 0 Å². The van der Waals surface area contributed by atoms with Crippen LogP contribution >= 0.6 is 22.9 Å². The minimum atomic E-state index is 0.153. The van der Waals surface area contributed by atoms with Gasteiger partial charge in [0, 0.05) is 11.3 Å². The summed E-state index contributed by atoms with van der Waals surface area (Å²) in [5.41, 5.74) is 0. The Labute approximate surface area is 85.9 Å². The number of nitrogens with one attached hydrogen (secondary N) is 1. The fourth-order valence-corrected chi connectivity index (χ4v) is 2.68. The van der Waals surface area contributed by atoms with Crippen molar-refractivity contribution in [3.63, 3.8) is 0 Å². The molecule has 2 heterocycles. The molecule has 4 heteroatoms. The fraction of sp³-hybridized carbons (Fsp3) is 0.444. The molecule has 0 radical (unpaired) electrons. The SMILES string of the molecule is O=C1CCCC(c2ccc(Cl)s2)N1.